The minimum atomic E-state index is -3.77. The second-order valence-electron chi connectivity index (χ2n) is 5.22. The first-order valence-corrected chi connectivity index (χ1v) is 9.20. The lowest BCUT2D eigenvalue weighted by Crippen LogP contribution is -2.23. The maximum absolute atomic E-state index is 13.6. The molecule has 0 bridgehead atoms. The highest BCUT2D eigenvalue weighted by molar-refractivity contribution is 9.10. The highest BCUT2D eigenvalue weighted by atomic mass is 79.9. The van der Waals surface area contributed by atoms with Gasteiger partial charge < -0.3 is 4.74 Å². The summed E-state index contributed by atoms with van der Waals surface area (Å²) in [6.45, 7) is -0.478. The van der Waals surface area contributed by atoms with E-state index in [9.17, 15) is 22.0 Å². The van der Waals surface area contributed by atoms with E-state index in [4.69, 9.17) is 4.74 Å². The molecule has 5 nitrogen and oxygen atoms in total. The topological polar surface area (TPSA) is 63.7 Å². The van der Waals surface area contributed by atoms with Gasteiger partial charge in [-0.2, -0.15) is 0 Å². The van der Waals surface area contributed by atoms with E-state index >= 15 is 0 Å². The van der Waals surface area contributed by atoms with Crippen molar-refractivity contribution in [1.29, 1.82) is 0 Å². The SMILES string of the molecule is CN(C)S(=O)(=O)c1cc(C(=O)OCc2cccc(F)c2F)ccc1Br. The summed E-state index contributed by atoms with van der Waals surface area (Å²) in [5.41, 5.74) is -0.146. The van der Waals surface area contributed by atoms with Gasteiger partial charge >= 0.3 is 5.97 Å². The minimum Gasteiger partial charge on any atom is -0.457 e. The van der Waals surface area contributed by atoms with Gasteiger partial charge in [0.1, 0.15) is 6.61 Å². The Morgan fingerprint density at radius 2 is 1.88 bits per heavy atom. The lowest BCUT2D eigenvalue weighted by Gasteiger charge is -2.14. The molecule has 134 valence electrons. The van der Waals surface area contributed by atoms with Crippen LogP contribution < -0.4 is 0 Å². The number of ether oxygens (including phenoxy) is 1. The predicted molar refractivity (Wildman–Crippen MR) is 90.5 cm³/mol. The summed E-state index contributed by atoms with van der Waals surface area (Å²) in [6, 6.07) is 7.45. The van der Waals surface area contributed by atoms with Gasteiger partial charge in [-0.3, -0.25) is 0 Å². The van der Waals surface area contributed by atoms with Crippen molar-refractivity contribution in [2.45, 2.75) is 11.5 Å². The van der Waals surface area contributed by atoms with Crippen LogP contribution in [0.3, 0.4) is 0 Å². The third kappa shape index (κ3) is 4.23. The smallest absolute Gasteiger partial charge is 0.338 e. The maximum atomic E-state index is 13.6. The Balaban J connectivity index is 2.24. The number of carbonyl (C=O) groups excluding carboxylic acids is 1. The minimum absolute atomic E-state index is 0.0274. The first-order chi connectivity index (χ1) is 11.6. The first-order valence-electron chi connectivity index (χ1n) is 6.96. The molecule has 25 heavy (non-hydrogen) atoms. The molecule has 0 aliphatic rings. The summed E-state index contributed by atoms with van der Waals surface area (Å²) in [7, 11) is -1.05. The molecule has 0 N–H and O–H groups in total. The average Bonchev–Trinajstić information content (AvgIpc) is 2.56. The zero-order valence-corrected chi connectivity index (χ0v) is 15.7. The molecular formula is C16H14BrF2NO4S. The van der Waals surface area contributed by atoms with Gasteiger partial charge in [-0.05, 0) is 40.2 Å². The molecule has 0 spiro atoms. The van der Waals surface area contributed by atoms with Crippen molar-refractivity contribution < 1.29 is 26.7 Å². The van der Waals surface area contributed by atoms with Crippen LogP contribution in [0.25, 0.3) is 0 Å². The largest absolute Gasteiger partial charge is 0.457 e. The molecule has 9 heteroatoms. The molecular weight excluding hydrogens is 420 g/mol. The Bertz CT molecular complexity index is 916. The third-order valence-electron chi connectivity index (χ3n) is 3.32. The molecule has 0 atom stereocenters. The molecule has 0 saturated heterocycles. The number of hydrogen-bond acceptors (Lipinski definition) is 4. The Morgan fingerprint density at radius 3 is 2.52 bits per heavy atom. The van der Waals surface area contributed by atoms with Gasteiger partial charge in [0.2, 0.25) is 10.0 Å². The standard InChI is InChI=1S/C16H14BrF2NO4S/c1-20(2)25(22,23)14-8-10(6-7-12(14)17)16(21)24-9-11-4-3-5-13(18)15(11)19/h3-8H,9H2,1-2H3. The predicted octanol–water partition coefficient (Wildman–Crippen LogP) is 3.33. The second-order valence-corrected chi connectivity index (χ2v) is 8.20. The maximum Gasteiger partial charge on any atom is 0.338 e. The van der Waals surface area contributed by atoms with E-state index in [2.05, 4.69) is 15.9 Å². The van der Waals surface area contributed by atoms with Gasteiger partial charge in [0.05, 0.1) is 10.5 Å². The van der Waals surface area contributed by atoms with Crippen LogP contribution in [-0.2, 0) is 21.4 Å². The number of benzene rings is 2. The fraction of sp³-hybridized carbons (Fsp3) is 0.188. The number of halogens is 3. The van der Waals surface area contributed by atoms with Crippen LogP contribution in [0.4, 0.5) is 8.78 Å². The molecule has 0 heterocycles. The molecule has 0 radical (unpaired) electrons. The van der Waals surface area contributed by atoms with Crippen LogP contribution in [0, 0.1) is 11.6 Å². The Hall–Kier alpha value is -1.84. The molecule has 2 rings (SSSR count). The summed E-state index contributed by atoms with van der Waals surface area (Å²) in [6.07, 6.45) is 0. The number of rotatable bonds is 5. The Morgan fingerprint density at radius 1 is 1.20 bits per heavy atom. The van der Waals surface area contributed by atoms with Crippen molar-refractivity contribution in [1.82, 2.24) is 4.31 Å². The van der Waals surface area contributed by atoms with Gasteiger partial charge in [0, 0.05) is 24.1 Å². The van der Waals surface area contributed by atoms with E-state index in [0.29, 0.717) is 0 Å². The van der Waals surface area contributed by atoms with Gasteiger partial charge in [0.25, 0.3) is 0 Å². The van der Waals surface area contributed by atoms with Gasteiger partial charge in [0.15, 0.2) is 11.6 Å². The highest BCUT2D eigenvalue weighted by Crippen LogP contribution is 2.25. The van der Waals surface area contributed by atoms with Crippen molar-refractivity contribution in [2.75, 3.05) is 14.1 Å². The molecule has 0 fully saturated rings. The van der Waals surface area contributed by atoms with E-state index in [1.165, 1.54) is 38.4 Å². The lowest BCUT2D eigenvalue weighted by molar-refractivity contribution is 0.0467. The third-order valence-corrected chi connectivity index (χ3v) is 6.12. The van der Waals surface area contributed by atoms with E-state index in [0.717, 1.165) is 16.4 Å². The van der Waals surface area contributed by atoms with Gasteiger partial charge in [-0.1, -0.05) is 12.1 Å². The van der Waals surface area contributed by atoms with Crippen molar-refractivity contribution in [3.8, 4) is 0 Å². The second kappa shape index (κ2) is 7.59. The van der Waals surface area contributed by atoms with E-state index in [-0.39, 0.29) is 20.5 Å². The molecule has 0 aromatic heterocycles. The van der Waals surface area contributed by atoms with Crippen LogP contribution in [0.15, 0.2) is 45.8 Å². The fourth-order valence-electron chi connectivity index (χ4n) is 1.91. The quantitative estimate of drug-likeness (QED) is 0.678. The molecule has 0 aliphatic heterocycles. The van der Waals surface area contributed by atoms with Crippen LogP contribution in [0.5, 0.6) is 0 Å². The van der Waals surface area contributed by atoms with Gasteiger partial charge in [-0.25, -0.2) is 26.3 Å². The zero-order valence-electron chi connectivity index (χ0n) is 13.3. The molecule has 0 amide bonds. The summed E-state index contributed by atoms with van der Waals surface area (Å²) < 4.78 is 57.4. The van der Waals surface area contributed by atoms with Crippen molar-refractivity contribution in [3.63, 3.8) is 0 Å². The number of hydrogen-bond donors (Lipinski definition) is 0. The Labute approximate surface area is 152 Å². The van der Waals surface area contributed by atoms with Crippen LogP contribution >= 0.6 is 15.9 Å². The summed E-state index contributed by atoms with van der Waals surface area (Å²) in [5.74, 6) is -3.00. The Kier molecular flexibility index (Phi) is 5.91. The van der Waals surface area contributed by atoms with E-state index in [1.807, 2.05) is 0 Å². The molecule has 0 aliphatic carbocycles. The first kappa shape index (κ1) is 19.5. The van der Waals surface area contributed by atoms with E-state index < -0.39 is 34.2 Å². The van der Waals surface area contributed by atoms with Crippen LogP contribution in [-0.4, -0.2) is 32.8 Å². The number of esters is 1. The molecule has 0 unspecified atom stereocenters. The fourth-order valence-corrected chi connectivity index (χ4v) is 3.76. The number of carbonyl (C=O) groups is 1. The zero-order chi connectivity index (χ0) is 18.8. The summed E-state index contributed by atoms with van der Waals surface area (Å²) >= 11 is 3.13. The van der Waals surface area contributed by atoms with Crippen molar-refractivity contribution >= 4 is 31.9 Å². The molecule has 2 aromatic rings. The van der Waals surface area contributed by atoms with E-state index in [1.54, 1.807) is 0 Å². The summed E-state index contributed by atoms with van der Waals surface area (Å²) in [5, 5.41) is 0. The highest BCUT2D eigenvalue weighted by Gasteiger charge is 2.22. The number of nitrogens with zero attached hydrogens (tertiary/aromatic N) is 1. The lowest BCUT2D eigenvalue weighted by atomic mass is 10.2. The monoisotopic (exact) mass is 433 g/mol. The summed E-state index contributed by atoms with van der Waals surface area (Å²) in [4.78, 5) is 12.0. The van der Waals surface area contributed by atoms with Gasteiger partial charge in [-0.15, -0.1) is 0 Å². The average molecular weight is 434 g/mol. The molecule has 2 aromatic carbocycles. The van der Waals surface area contributed by atoms with Crippen molar-refractivity contribution in [3.05, 3.63) is 63.6 Å². The van der Waals surface area contributed by atoms with Crippen LogP contribution in [0.1, 0.15) is 15.9 Å². The molecule has 0 saturated carbocycles. The normalized spacial score (nSPS) is 11.6. The van der Waals surface area contributed by atoms with Crippen molar-refractivity contribution in [2.24, 2.45) is 0 Å². The van der Waals surface area contributed by atoms with Crippen LogP contribution in [0.2, 0.25) is 0 Å². The number of sulfonamides is 1.